The fraction of sp³-hybridized carbons (Fsp3) is 0.200. The Morgan fingerprint density at radius 3 is 2.81 bits per heavy atom. The summed E-state index contributed by atoms with van der Waals surface area (Å²) in [6.07, 6.45) is 0. The van der Waals surface area contributed by atoms with E-state index in [1.54, 1.807) is 17.4 Å². The van der Waals surface area contributed by atoms with Crippen LogP contribution in [0.15, 0.2) is 30.3 Å². The van der Waals surface area contributed by atoms with Crippen molar-refractivity contribution in [3.05, 3.63) is 45.6 Å². The number of aryl methyl sites for hydroxylation is 1. The van der Waals surface area contributed by atoms with Crippen LogP contribution in [-0.4, -0.2) is 10.9 Å². The van der Waals surface area contributed by atoms with Crippen LogP contribution in [-0.2, 0) is 0 Å². The van der Waals surface area contributed by atoms with Gasteiger partial charge in [-0.05, 0) is 44.2 Å². The molecule has 0 radical (unpaired) electrons. The summed E-state index contributed by atoms with van der Waals surface area (Å²) < 4.78 is 0.930. The van der Waals surface area contributed by atoms with E-state index in [1.807, 2.05) is 19.1 Å². The first kappa shape index (κ1) is 14.0. The van der Waals surface area contributed by atoms with Crippen LogP contribution in [0.4, 0.5) is 5.13 Å². The van der Waals surface area contributed by atoms with Gasteiger partial charge in [0.2, 0.25) is 0 Å². The molecule has 0 aliphatic rings. The predicted molar refractivity (Wildman–Crippen MR) is 89.0 cm³/mol. The molecule has 0 saturated carbocycles. The first-order chi connectivity index (χ1) is 10.0. The minimum Gasteiger partial charge on any atom is -0.375 e. The summed E-state index contributed by atoms with van der Waals surface area (Å²) in [5.41, 5.74) is 7.14. The van der Waals surface area contributed by atoms with E-state index in [-0.39, 0.29) is 11.9 Å². The van der Waals surface area contributed by atoms with Gasteiger partial charge in [0.05, 0.1) is 16.3 Å². The highest BCUT2D eigenvalue weighted by Gasteiger charge is 2.14. The van der Waals surface area contributed by atoms with Crippen molar-refractivity contribution in [3.8, 4) is 0 Å². The van der Waals surface area contributed by atoms with Gasteiger partial charge in [-0.1, -0.05) is 11.3 Å². The van der Waals surface area contributed by atoms with E-state index in [4.69, 9.17) is 5.73 Å². The van der Waals surface area contributed by atoms with Crippen molar-refractivity contribution in [1.29, 1.82) is 0 Å². The van der Waals surface area contributed by atoms with Crippen LogP contribution in [0.25, 0.3) is 10.2 Å². The minimum atomic E-state index is -0.0811. The number of carbonyl (C=O) groups is 1. The Kier molecular flexibility index (Phi) is 3.65. The van der Waals surface area contributed by atoms with Crippen LogP contribution in [0.5, 0.6) is 0 Å². The molecule has 1 atom stereocenters. The molecule has 0 aliphatic heterocycles. The lowest BCUT2D eigenvalue weighted by molar-refractivity contribution is 0.0940. The van der Waals surface area contributed by atoms with Crippen molar-refractivity contribution in [2.75, 3.05) is 5.73 Å². The Labute approximate surface area is 130 Å². The van der Waals surface area contributed by atoms with Gasteiger partial charge >= 0.3 is 0 Å². The van der Waals surface area contributed by atoms with Crippen molar-refractivity contribution in [3.63, 3.8) is 0 Å². The molecule has 4 nitrogen and oxygen atoms in total. The summed E-state index contributed by atoms with van der Waals surface area (Å²) in [5.74, 6) is -0.0811. The number of nitrogen functional groups attached to an aromatic ring is 1. The molecular weight excluding hydrogens is 302 g/mol. The number of benzene rings is 1. The van der Waals surface area contributed by atoms with Gasteiger partial charge in [0.15, 0.2) is 5.13 Å². The summed E-state index contributed by atoms with van der Waals surface area (Å²) in [6.45, 7) is 4.05. The molecule has 0 bridgehead atoms. The molecule has 1 amide bonds. The number of carbonyl (C=O) groups excluding carboxylic acids is 1. The molecule has 0 spiro atoms. The zero-order valence-electron chi connectivity index (χ0n) is 11.7. The number of rotatable bonds is 3. The molecular formula is C15H15N3OS2. The number of fused-ring (bicyclic) bond motifs is 1. The van der Waals surface area contributed by atoms with Crippen molar-refractivity contribution in [1.82, 2.24) is 10.3 Å². The predicted octanol–water partition coefficient (Wildman–Crippen LogP) is 3.74. The van der Waals surface area contributed by atoms with E-state index >= 15 is 0 Å². The topological polar surface area (TPSA) is 68.0 Å². The van der Waals surface area contributed by atoms with Crippen LogP contribution < -0.4 is 11.1 Å². The number of nitrogens with one attached hydrogen (secondary N) is 1. The number of aromatic nitrogens is 1. The van der Waals surface area contributed by atoms with Gasteiger partial charge in [-0.25, -0.2) is 4.98 Å². The summed E-state index contributed by atoms with van der Waals surface area (Å²) in [7, 11) is 0. The molecule has 3 rings (SSSR count). The van der Waals surface area contributed by atoms with Gasteiger partial charge in [0.25, 0.3) is 5.91 Å². The van der Waals surface area contributed by atoms with Crippen LogP contribution in [0, 0.1) is 6.92 Å². The summed E-state index contributed by atoms with van der Waals surface area (Å²) in [4.78, 5) is 18.9. The van der Waals surface area contributed by atoms with Gasteiger partial charge in [-0.15, -0.1) is 11.3 Å². The standard InChI is InChI=1S/C15H15N3OS2/c1-8-3-6-12(20-8)9(2)17-14(19)10-4-5-11-13(7-10)21-15(16)18-11/h3-7,9H,1-2H3,(H2,16,18)(H,17,19). The molecule has 108 valence electrons. The number of thiophene rings is 1. The molecule has 1 unspecified atom stereocenters. The fourth-order valence-corrected chi connectivity index (χ4v) is 3.77. The fourth-order valence-electron chi connectivity index (χ4n) is 2.12. The number of hydrogen-bond acceptors (Lipinski definition) is 5. The number of amides is 1. The quantitative estimate of drug-likeness (QED) is 0.773. The molecule has 0 aliphatic carbocycles. The molecule has 1 aromatic carbocycles. The number of nitrogens with two attached hydrogens (primary N) is 1. The molecule has 3 aromatic rings. The van der Waals surface area contributed by atoms with E-state index in [1.165, 1.54) is 16.2 Å². The third kappa shape index (κ3) is 2.91. The van der Waals surface area contributed by atoms with Crippen LogP contribution in [0.3, 0.4) is 0 Å². The second kappa shape index (κ2) is 5.46. The Morgan fingerprint density at radius 2 is 2.10 bits per heavy atom. The lowest BCUT2D eigenvalue weighted by Gasteiger charge is -2.12. The second-order valence-corrected chi connectivity index (χ2v) is 7.26. The van der Waals surface area contributed by atoms with E-state index in [0.29, 0.717) is 10.7 Å². The molecule has 0 saturated heterocycles. The van der Waals surface area contributed by atoms with Gasteiger partial charge in [-0.2, -0.15) is 0 Å². The number of nitrogens with zero attached hydrogens (tertiary/aromatic N) is 1. The summed E-state index contributed by atoms with van der Waals surface area (Å²) >= 11 is 3.09. The maximum absolute atomic E-state index is 12.3. The largest absolute Gasteiger partial charge is 0.375 e. The summed E-state index contributed by atoms with van der Waals surface area (Å²) in [5, 5.41) is 3.54. The monoisotopic (exact) mass is 317 g/mol. The van der Waals surface area contributed by atoms with E-state index < -0.39 is 0 Å². The molecule has 3 N–H and O–H groups in total. The Morgan fingerprint density at radius 1 is 1.29 bits per heavy atom. The lowest BCUT2D eigenvalue weighted by Crippen LogP contribution is -2.25. The first-order valence-corrected chi connectivity index (χ1v) is 8.19. The third-order valence-electron chi connectivity index (χ3n) is 3.20. The molecule has 21 heavy (non-hydrogen) atoms. The van der Waals surface area contributed by atoms with Crippen LogP contribution in [0.1, 0.15) is 33.1 Å². The van der Waals surface area contributed by atoms with Gasteiger partial charge < -0.3 is 11.1 Å². The molecule has 0 fully saturated rings. The molecule has 6 heteroatoms. The highest BCUT2D eigenvalue weighted by atomic mass is 32.1. The normalized spacial score (nSPS) is 12.5. The number of thiazole rings is 1. The average molecular weight is 317 g/mol. The highest BCUT2D eigenvalue weighted by molar-refractivity contribution is 7.22. The Hall–Kier alpha value is -1.92. The Balaban J connectivity index is 1.79. The van der Waals surface area contributed by atoms with E-state index in [2.05, 4.69) is 29.4 Å². The lowest BCUT2D eigenvalue weighted by atomic mass is 10.2. The SMILES string of the molecule is Cc1ccc(C(C)NC(=O)c2ccc3nc(N)sc3c2)s1. The summed E-state index contributed by atoms with van der Waals surface area (Å²) in [6, 6.07) is 9.57. The van der Waals surface area contributed by atoms with Gasteiger partial charge in [0, 0.05) is 15.3 Å². The van der Waals surface area contributed by atoms with Crippen molar-refractivity contribution >= 4 is 43.9 Å². The van der Waals surface area contributed by atoms with Gasteiger partial charge in [0.1, 0.15) is 0 Å². The third-order valence-corrected chi connectivity index (χ3v) is 5.23. The zero-order valence-corrected chi connectivity index (χ0v) is 13.3. The second-order valence-electron chi connectivity index (χ2n) is 4.88. The zero-order chi connectivity index (χ0) is 15.0. The highest BCUT2D eigenvalue weighted by Crippen LogP contribution is 2.26. The Bertz CT molecular complexity index is 806. The smallest absolute Gasteiger partial charge is 0.251 e. The van der Waals surface area contributed by atoms with E-state index in [9.17, 15) is 4.79 Å². The first-order valence-electron chi connectivity index (χ1n) is 6.56. The van der Waals surface area contributed by atoms with Crippen LogP contribution >= 0.6 is 22.7 Å². The number of hydrogen-bond donors (Lipinski definition) is 2. The molecule has 2 heterocycles. The van der Waals surface area contributed by atoms with E-state index in [0.717, 1.165) is 15.1 Å². The van der Waals surface area contributed by atoms with Crippen molar-refractivity contribution in [2.24, 2.45) is 0 Å². The van der Waals surface area contributed by atoms with Crippen LogP contribution in [0.2, 0.25) is 0 Å². The minimum absolute atomic E-state index is 0.00146. The average Bonchev–Trinajstić information content (AvgIpc) is 3.02. The van der Waals surface area contributed by atoms with Crippen molar-refractivity contribution in [2.45, 2.75) is 19.9 Å². The molecule has 2 aromatic heterocycles. The number of anilines is 1. The maximum Gasteiger partial charge on any atom is 0.251 e. The van der Waals surface area contributed by atoms with Crippen molar-refractivity contribution < 1.29 is 4.79 Å². The maximum atomic E-state index is 12.3. The van der Waals surface area contributed by atoms with Gasteiger partial charge in [-0.3, -0.25) is 4.79 Å².